The summed E-state index contributed by atoms with van der Waals surface area (Å²) in [6.07, 6.45) is 1.63. The van der Waals surface area contributed by atoms with Crippen LogP contribution in [0.15, 0.2) is 34.7 Å². The second-order valence-corrected chi connectivity index (χ2v) is 7.21. The van der Waals surface area contributed by atoms with Gasteiger partial charge in [-0.3, -0.25) is 0 Å². The van der Waals surface area contributed by atoms with E-state index in [1.54, 1.807) is 12.3 Å². The topological polar surface area (TPSA) is 77.1 Å². The van der Waals surface area contributed by atoms with Crippen LogP contribution in [0.25, 0.3) is 0 Å². The Hall–Kier alpha value is -1.15. The van der Waals surface area contributed by atoms with Crippen molar-refractivity contribution in [2.45, 2.75) is 37.9 Å². The molecule has 2 heterocycles. The maximum atomic E-state index is 12.4. The summed E-state index contributed by atoms with van der Waals surface area (Å²) in [5, 5.41) is 1.93. The standard InChI is InChI=1S/C13H19N3O2S2/c1-3-16-9-12(7-11(16)8-14)20(17,18)15-10(2)13-5-4-6-19-13/h4-7,9-10,15H,3,8,14H2,1-2H3. The van der Waals surface area contributed by atoms with Crippen LogP contribution in [0, 0.1) is 0 Å². The number of rotatable bonds is 6. The van der Waals surface area contributed by atoms with E-state index in [2.05, 4.69) is 4.72 Å². The van der Waals surface area contributed by atoms with Crippen molar-refractivity contribution in [3.8, 4) is 0 Å². The zero-order valence-electron chi connectivity index (χ0n) is 11.5. The Kier molecular flexibility index (Phi) is 4.64. The van der Waals surface area contributed by atoms with E-state index in [-0.39, 0.29) is 10.9 Å². The third-order valence-electron chi connectivity index (χ3n) is 3.12. The van der Waals surface area contributed by atoms with E-state index in [0.717, 1.165) is 10.6 Å². The second-order valence-electron chi connectivity index (χ2n) is 4.52. The number of aryl methyl sites for hydroxylation is 1. The third-order valence-corrected chi connectivity index (χ3v) is 5.69. The molecular weight excluding hydrogens is 294 g/mol. The van der Waals surface area contributed by atoms with Gasteiger partial charge in [-0.25, -0.2) is 13.1 Å². The fourth-order valence-electron chi connectivity index (χ4n) is 2.03. The van der Waals surface area contributed by atoms with Gasteiger partial charge in [-0.15, -0.1) is 11.3 Å². The van der Waals surface area contributed by atoms with E-state index in [1.165, 1.54) is 11.3 Å². The van der Waals surface area contributed by atoms with Crippen molar-refractivity contribution >= 4 is 21.4 Å². The molecule has 0 aliphatic rings. The van der Waals surface area contributed by atoms with Gasteiger partial charge < -0.3 is 10.3 Å². The third kappa shape index (κ3) is 3.12. The van der Waals surface area contributed by atoms with Crippen molar-refractivity contribution in [1.82, 2.24) is 9.29 Å². The highest BCUT2D eigenvalue weighted by atomic mass is 32.2. The Morgan fingerprint density at radius 2 is 2.25 bits per heavy atom. The number of aromatic nitrogens is 1. The lowest BCUT2D eigenvalue weighted by Crippen LogP contribution is -2.26. The number of nitrogens with two attached hydrogens (primary N) is 1. The molecule has 0 radical (unpaired) electrons. The molecule has 2 aromatic rings. The molecule has 0 aromatic carbocycles. The summed E-state index contributed by atoms with van der Waals surface area (Å²) >= 11 is 1.53. The molecule has 0 aliphatic carbocycles. The van der Waals surface area contributed by atoms with Crippen LogP contribution >= 0.6 is 11.3 Å². The van der Waals surface area contributed by atoms with Crippen molar-refractivity contribution < 1.29 is 8.42 Å². The van der Waals surface area contributed by atoms with Crippen LogP contribution in [0.4, 0.5) is 0 Å². The first-order chi connectivity index (χ1) is 9.47. The minimum atomic E-state index is -3.53. The minimum Gasteiger partial charge on any atom is -0.349 e. The molecule has 2 aromatic heterocycles. The molecule has 2 rings (SSSR count). The fraction of sp³-hybridized carbons (Fsp3) is 0.385. The molecule has 7 heteroatoms. The van der Waals surface area contributed by atoms with Crippen molar-refractivity contribution in [1.29, 1.82) is 0 Å². The molecule has 110 valence electrons. The maximum absolute atomic E-state index is 12.4. The van der Waals surface area contributed by atoms with Gasteiger partial charge in [0.15, 0.2) is 0 Å². The Morgan fingerprint density at radius 1 is 1.50 bits per heavy atom. The Morgan fingerprint density at radius 3 is 2.75 bits per heavy atom. The molecule has 3 N–H and O–H groups in total. The van der Waals surface area contributed by atoms with Gasteiger partial charge in [0.05, 0.1) is 10.9 Å². The van der Waals surface area contributed by atoms with Gasteiger partial charge in [0.2, 0.25) is 10.0 Å². The van der Waals surface area contributed by atoms with Gasteiger partial charge in [0, 0.05) is 29.9 Å². The quantitative estimate of drug-likeness (QED) is 0.857. The first-order valence-corrected chi connectivity index (χ1v) is 8.79. The normalized spacial score (nSPS) is 13.6. The minimum absolute atomic E-state index is 0.244. The fourth-order valence-corrected chi connectivity index (χ4v) is 4.13. The largest absolute Gasteiger partial charge is 0.349 e. The smallest absolute Gasteiger partial charge is 0.242 e. The highest BCUT2D eigenvalue weighted by Gasteiger charge is 2.21. The van der Waals surface area contributed by atoms with Gasteiger partial charge in [-0.2, -0.15) is 0 Å². The molecule has 0 saturated carbocycles. The highest BCUT2D eigenvalue weighted by Crippen LogP contribution is 2.22. The zero-order valence-corrected chi connectivity index (χ0v) is 13.2. The molecule has 0 aliphatic heterocycles. The summed E-state index contributed by atoms with van der Waals surface area (Å²) < 4.78 is 29.3. The molecule has 5 nitrogen and oxygen atoms in total. The predicted octanol–water partition coefficient (Wildman–Crippen LogP) is 2.07. The number of hydrogen-bond acceptors (Lipinski definition) is 4. The molecule has 20 heavy (non-hydrogen) atoms. The lowest BCUT2D eigenvalue weighted by Gasteiger charge is -2.11. The van der Waals surface area contributed by atoms with E-state index in [4.69, 9.17) is 5.73 Å². The lowest BCUT2D eigenvalue weighted by atomic mass is 10.3. The van der Waals surface area contributed by atoms with Gasteiger partial charge in [-0.05, 0) is 31.4 Å². The van der Waals surface area contributed by atoms with Crippen LogP contribution in [-0.2, 0) is 23.1 Å². The lowest BCUT2D eigenvalue weighted by molar-refractivity contribution is 0.568. The first-order valence-electron chi connectivity index (χ1n) is 6.42. The number of nitrogens with zero attached hydrogens (tertiary/aromatic N) is 1. The molecule has 1 unspecified atom stereocenters. The summed E-state index contributed by atoms with van der Waals surface area (Å²) in [6.45, 7) is 4.81. The highest BCUT2D eigenvalue weighted by molar-refractivity contribution is 7.89. The van der Waals surface area contributed by atoms with E-state index in [0.29, 0.717) is 13.1 Å². The van der Waals surface area contributed by atoms with E-state index in [9.17, 15) is 8.42 Å². The van der Waals surface area contributed by atoms with Gasteiger partial charge in [0.25, 0.3) is 0 Å². The first kappa shape index (κ1) is 15.2. The summed E-state index contributed by atoms with van der Waals surface area (Å²) in [5.74, 6) is 0. The molecule has 0 amide bonds. The van der Waals surface area contributed by atoms with Crippen LogP contribution in [0.3, 0.4) is 0 Å². The Labute approximate surface area is 123 Å². The Balaban J connectivity index is 2.24. The van der Waals surface area contributed by atoms with Crippen LogP contribution < -0.4 is 10.5 Å². The zero-order chi connectivity index (χ0) is 14.8. The van der Waals surface area contributed by atoms with E-state index < -0.39 is 10.0 Å². The van der Waals surface area contributed by atoms with Gasteiger partial charge >= 0.3 is 0 Å². The molecule has 0 spiro atoms. The average Bonchev–Trinajstić information content (AvgIpc) is 3.07. The van der Waals surface area contributed by atoms with Crippen molar-refractivity contribution in [3.63, 3.8) is 0 Å². The number of nitrogens with one attached hydrogen (secondary N) is 1. The second kappa shape index (κ2) is 6.09. The van der Waals surface area contributed by atoms with Gasteiger partial charge in [0.1, 0.15) is 0 Å². The Bertz CT molecular complexity index is 638. The van der Waals surface area contributed by atoms with E-state index in [1.807, 2.05) is 35.9 Å². The number of hydrogen-bond donors (Lipinski definition) is 2. The predicted molar refractivity (Wildman–Crippen MR) is 81.1 cm³/mol. The summed E-state index contributed by atoms with van der Waals surface area (Å²) in [4.78, 5) is 1.26. The van der Waals surface area contributed by atoms with Crippen LogP contribution in [0.5, 0.6) is 0 Å². The maximum Gasteiger partial charge on any atom is 0.242 e. The molecule has 1 atom stereocenters. The summed E-state index contributed by atoms with van der Waals surface area (Å²) in [7, 11) is -3.53. The molecule has 0 bridgehead atoms. The summed E-state index contributed by atoms with van der Waals surface area (Å²) in [5.41, 5.74) is 6.44. The van der Waals surface area contributed by atoms with Crippen LogP contribution in [0.2, 0.25) is 0 Å². The average molecular weight is 313 g/mol. The van der Waals surface area contributed by atoms with Crippen molar-refractivity contribution in [2.75, 3.05) is 0 Å². The van der Waals surface area contributed by atoms with Crippen molar-refractivity contribution in [3.05, 3.63) is 40.3 Å². The SMILES string of the molecule is CCn1cc(S(=O)(=O)NC(C)c2cccs2)cc1CN. The molecule has 0 fully saturated rings. The molecular formula is C13H19N3O2S2. The molecule has 0 saturated heterocycles. The van der Waals surface area contributed by atoms with Crippen LogP contribution in [-0.4, -0.2) is 13.0 Å². The van der Waals surface area contributed by atoms with Gasteiger partial charge in [-0.1, -0.05) is 6.07 Å². The van der Waals surface area contributed by atoms with Crippen LogP contribution in [0.1, 0.15) is 30.5 Å². The van der Waals surface area contributed by atoms with E-state index >= 15 is 0 Å². The number of thiophene rings is 1. The summed E-state index contributed by atoms with van der Waals surface area (Å²) in [6, 6.07) is 5.21. The van der Waals surface area contributed by atoms with Crippen molar-refractivity contribution in [2.24, 2.45) is 5.73 Å². The number of sulfonamides is 1. The monoisotopic (exact) mass is 313 g/mol.